The van der Waals surface area contributed by atoms with Crippen LogP contribution in [0.4, 0.5) is 8.78 Å². The third-order valence-electron chi connectivity index (χ3n) is 4.93. The van der Waals surface area contributed by atoms with Crippen molar-refractivity contribution in [2.75, 3.05) is 7.11 Å². The summed E-state index contributed by atoms with van der Waals surface area (Å²) in [6.07, 6.45) is 4.32. The van der Waals surface area contributed by atoms with Crippen LogP contribution in [0, 0.1) is 11.6 Å². The molecular formula is C22H16F2N6O2. The molecule has 5 aromatic rings. The number of fused-ring (bicyclic) bond motifs is 1. The van der Waals surface area contributed by atoms with E-state index in [9.17, 15) is 13.6 Å². The molecule has 8 nitrogen and oxygen atoms in total. The summed E-state index contributed by atoms with van der Waals surface area (Å²) in [5.74, 6) is -0.858. The lowest BCUT2D eigenvalue weighted by molar-refractivity contribution is 0.357. The van der Waals surface area contributed by atoms with Gasteiger partial charge >= 0.3 is 11.7 Å². The minimum atomic E-state index is -0.467. The average Bonchev–Trinajstić information content (AvgIpc) is 3.35. The molecule has 0 saturated carbocycles. The summed E-state index contributed by atoms with van der Waals surface area (Å²) in [6.45, 7) is 0.104. The summed E-state index contributed by atoms with van der Waals surface area (Å²) < 4.78 is 36.4. The van der Waals surface area contributed by atoms with E-state index < -0.39 is 17.3 Å². The van der Waals surface area contributed by atoms with E-state index in [4.69, 9.17) is 4.74 Å². The Balaban J connectivity index is 1.55. The maximum absolute atomic E-state index is 13.5. The van der Waals surface area contributed by atoms with Crippen LogP contribution in [0.15, 0.2) is 71.9 Å². The average molecular weight is 434 g/mol. The highest BCUT2D eigenvalue weighted by atomic mass is 19.1. The Morgan fingerprint density at radius 3 is 2.62 bits per heavy atom. The standard InChI is InChI=1S/C22H16F2N6O2/c1-32-21-27-30(22(31)28(21)12-14-3-2-4-16(23)7-14)18-5-6-20-15(8-18)13-29(26-20)19-9-17(24)10-25-11-19/h2-11,13H,12H2,1H3. The molecule has 0 amide bonds. The molecule has 0 radical (unpaired) electrons. The predicted molar refractivity (Wildman–Crippen MR) is 112 cm³/mol. The highest BCUT2D eigenvalue weighted by molar-refractivity contribution is 5.80. The van der Waals surface area contributed by atoms with Crippen molar-refractivity contribution in [3.05, 3.63) is 94.8 Å². The number of hydrogen-bond donors (Lipinski definition) is 0. The van der Waals surface area contributed by atoms with Gasteiger partial charge in [-0.25, -0.2) is 22.8 Å². The van der Waals surface area contributed by atoms with E-state index in [0.29, 0.717) is 22.5 Å². The van der Waals surface area contributed by atoms with Crippen LogP contribution in [0.2, 0.25) is 0 Å². The first-order valence-electron chi connectivity index (χ1n) is 9.61. The lowest BCUT2D eigenvalue weighted by Gasteiger charge is -2.04. The molecule has 5 rings (SSSR count). The van der Waals surface area contributed by atoms with Gasteiger partial charge in [-0.05, 0) is 35.9 Å². The number of pyridine rings is 1. The maximum Gasteiger partial charge on any atom is 0.353 e. The number of aromatic nitrogens is 6. The molecule has 3 heterocycles. The van der Waals surface area contributed by atoms with Crippen LogP contribution < -0.4 is 10.4 Å². The Morgan fingerprint density at radius 1 is 0.969 bits per heavy atom. The molecule has 0 N–H and O–H groups in total. The van der Waals surface area contributed by atoms with E-state index >= 15 is 0 Å². The van der Waals surface area contributed by atoms with E-state index in [1.54, 1.807) is 36.5 Å². The number of halogens is 2. The normalized spacial score (nSPS) is 11.2. The Bertz CT molecular complexity index is 1500. The molecule has 3 aromatic heterocycles. The summed E-state index contributed by atoms with van der Waals surface area (Å²) in [5.41, 5.74) is 1.78. The van der Waals surface area contributed by atoms with Gasteiger partial charge < -0.3 is 4.74 Å². The van der Waals surface area contributed by atoms with Gasteiger partial charge in [-0.2, -0.15) is 9.78 Å². The zero-order chi connectivity index (χ0) is 22.2. The first kappa shape index (κ1) is 19.6. The van der Waals surface area contributed by atoms with Crippen molar-refractivity contribution in [2.45, 2.75) is 6.54 Å². The van der Waals surface area contributed by atoms with E-state index in [2.05, 4.69) is 15.2 Å². The molecule has 0 aliphatic heterocycles. The molecule has 0 aliphatic carbocycles. The quantitative estimate of drug-likeness (QED) is 0.425. The molecule has 0 spiro atoms. The van der Waals surface area contributed by atoms with Gasteiger partial charge in [0.15, 0.2) is 0 Å². The van der Waals surface area contributed by atoms with Crippen LogP contribution in [0.3, 0.4) is 0 Å². The largest absolute Gasteiger partial charge is 0.467 e. The van der Waals surface area contributed by atoms with E-state index in [-0.39, 0.29) is 12.6 Å². The van der Waals surface area contributed by atoms with Gasteiger partial charge in [-0.1, -0.05) is 12.1 Å². The van der Waals surface area contributed by atoms with Crippen LogP contribution >= 0.6 is 0 Å². The summed E-state index contributed by atoms with van der Waals surface area (Å²) in [5, 5.41) is 9.41. The Hall–Kier alpha value is -4.34. The first-order chi connectivity index (χ1) is 15.5. The van der Waals surface area contributed by atoms with Crippen LogP contribution in [0.1, 0.15) is 5.56 Å². The highest BCUT2D eigenvalue weighted by Crippen LogP contribution is 2.20. The van der Waals surface area contributed by atoms with Crippen LogP contribution in [0.25, 0.3) is 22.3 Å². The van der Waals surface area contributed by atoms with Gasteiger partial charge in [0.05, 0.1) is 42.9 Å². The predicted octanol–water partition coefficient (Wildman–Crippen LogP) is 3.10. The molecule has 0 fully saturated rings. The monoisotopic (exact) mass is 434 g/mol. The molecule has 0 aliphatic rings. The number of methoxy groups -OCH3 is 1. The zero-order valence-electron chi connectivity index (χ0n) is 16.8. The minimum Gasteiger partial charge on any atom is -0.467 e. The van der Waals surface area contributed by atoms with Crippen LogP contribution in [0.5, 0.6) is 6.01 Å². The number of rotatable bonds is 5. The third-order valence-corrected chi connectivity index (χ3v) is 4.93. The topological polar surface area (TPSA) is 79.8 Å². The fourth-order valence-corrected chi connectivity index (χ4v) is 3.45. The van der Waals surface area contributed by atoms with E-state index in [1.807, 2.05) is 0 Å². The Labute approximate surface area is 179 Å². The van der Waals surface area contributed by atoms with Gasteiger partial charge in [-0.3, -0.25) is 4.98 Å². The fourth-order valence-electron chi connectivity index (χ4n) is 3.45. The lowest BCUT2D eigenvalue weighted by Crippen LogP contribution is -2.24. The summed E-state index contributed by atoms with van der Waals surface area (Å²) in [7, 11) is 1.41. The van der Waals surface area contributed by atoms with Crippen molar-refractivity contribution in [3.8, 4) is 17.4 Å². The van der Waals surface area contributed by atoms with Gasteiger partial charge in [-0.15, -0.1) is 5.10 Å². The van der Waals surface area contributed by atoms with Crippen LogP contribution in [-0.2, 0) is 6.54 Å². The fraction of sp³-hybridized carbons (Fsp3) is 0.0909. The van der Waals surface area contributed by atoms with Gasteiger partial charge in [0.2, 0.25) is 0 Å². The molecule has 0 saturated heterocycles. The number of hydrogen-bond acceptors (Lipinski definition) is 5. The number of benzene rings is 2. The van der Waals surface area contributed by atoms with Gasteiger partial charge in [0, 0.05) is 17.6 Å². The molecule has 2 aromatic carbocycles. The Morgan fingerprint density at radius 2 is 1.84 bits per heavy atom. The summed E-state index contributed by atoms with van der Waals surface area (Å²) in [4.78, 5) is 16.9. The second-order valence-corrected chi connectivity index (χ2v) is 7.08. The Kier molecular flexibility index (Phi) is 4.74. The van der Waals surface area contributed by atoms with Gasteiger partial charge in [0.1, 0.15) is 11.6 Å². The number of ether oxygens (including phenoxy) is 1. The minimum absolute atomic E-state index is 0.0980. The van der Waals surface area contributed by atoms with Crippen molar-refractivity contribution >= 4 is 10.9 Å². The van der Waals surface area contributed by atoms with Crippen LogP contribution in [-0.4, -0.2) is 36.2 Å². The third kappa shape index (κ3) is 3.51. The molecule has 0 atom stereocenters. The second-order valence-electron chi connectivity index (χ2n) is 7.08. The van der Waals surface area contributed by atoms with Crippen molar-refractivity contribution < 1.29 is 13.5 Å². The number of nitrogens with zero attached hydrogens (tertiary/aromatic N) is 6. The van der Waals surface area contributed by atoms with Crippen molar-refractivity contribution in [1.29, 1.82) is 0 Å². The lowest BCUT2D eigenvalue weighted by atomic mass is 10.2. The molecule has 10 heteroatoms. The van der Waals surface area contributed by atoms with E-state index in [0.717, 1.165) is 11.6 Å². The smallest absolute Gasteiger partial charge is 0.353 e. The summed E-state index contributed by atoms with van der Waals surface area (Å²) >= 11 is 0. The van der Waals surface area contributed by atoms with Crippen molar-refractivity contribution in [2.24, 2.45) is 0 Å². The molecule has 32 heavy (non-hydrogen) atoms. The summed E-state index contributed by atoms with van der Waals surface area (Å²) in [6, 6.07) is 12.6. The van der Waals surface area contributed by atoms with Crippen molar-refractivity contribution in [3.63, 3.8) is 0 Å². The zero-order valence-corrected chi connectivity index (χ0v) is 16.8. The molecule has 0 unspecified atom stereocenters. The molecule has 160 valence electrons. The second kappa shape index (κ2) is 7.73. The van der Waals surface area contributed by atoms with Crippen molar-refractivity contribution in [1.82, 2.24) is 29.1 Å². The van der Waals surface area contributed by atoms with E-state index in [1.165, 1.54) is 45.4 Å². The van der Waals surface area contributed by atoms with Gasteiger partial charge in [0.25, 0.3) is 0 Å². The maximum atomic E-state index is 13.5. The highest BCUT2D eigenvalue weighted by Gasteiger charge is 2.17. The molecule has 0 bridgehead atoms. The SMILES string of the molecule is COc1nn(-c2ccc3nn(-c4cncc(F)c4)cc3c2)c(=O)n1Cc1cccc(F)c1. The first-order valence-corrected chi connectivity index (χ1v) is 9.61. The molecular weight excluding hydrogens is 418 g/mol.